The Hall–Kier alpha value is -3.49. The first kappa shape index (κ1) is 20.4. The first-order chi connectivity index (χ1) is 15.5. The van der Waals surface area contributed by atoms with Gasteiger partial charge in [-0.2, -0.15) is 4.98 Å². The van der Waals surface area contributed by atoms with Gasteiger partial charge < -0.3 is 9.26 Å². The topological polar surface area (TPSA) is 83.0 Å². The lowest BCUT2D eigenvalue weighted by Crippen LogP contribution is -2.21. The van der Waals surface area contributed by atoms with E-state index >= 15 is 0 Å². The van der Waals surface area contributed by atoms with Crippen LogP contribution in [0.2, 0.25) is 5.02 Å². The third-order valence-corrected chi connectivity index (χ3v) is 6.68. The van der Waals surface area contributed by atoms with E-state index < -0.39 is 0 Å². The van der Waals surface area contributed by atoms with Crippen molar-refractivity contribution in [2.45, 2.75) is 13.5 Å². The summed E-state index contributed by atoms with van der Waals surface area (Å²) in [5.41, 5.74) is 2.31. The van der Waals surface area contributed by atoms with Crippen molar-refractivity contribution >= 4 is 33.2 Å². The lowest BCUT2D eigenvalue weighted by Gasteiger charge is -2.06. The average Bonchev–Trinajstić information content (AvgIpc) is 3.41. The Morgan fingerprint density at radius 3 is 2.69 bits per heavy atom. The number of ether oxygens (including phenoxy) is 1. The fourth-order valence-electron chi connectivity index (χ4n) is 3.47. The van der Waals surface area contributed by atoms with Crippen LogP contribution in [-0.2, 0) is 6.54 Å². The van der Waals surface area contributed by atoms with Crippen LogP contribution >= 0.6 is 22.9 Å². The molecule has 9 heteroatoms. The standard InChI is InChI=1S/C23H17ClN4O3S/c1-13-18-22(25-12-28(23(18)29)11-14-7-9-15(30-2)10-8-14)32-19(13)21-26-20(27-31-21)16-5-3-4-6-17(16)24/h3-10,12H,11H2,1-2H3. The van der Waals surface area contributed by atoms with E-state index in [4.69, 9.17) is 20.9 Å². The molecule has 0 aliphatic carbocycles. The minimum absolute atomic E-state index is 0.114. The van der Waals surface area contributed by atoms with Crippen LogP contribution in [0.4, 0.5) is 0 Å². The number of halogens is 1. The molecule has 0 radical (unpaired) electrons. The monoisotopic (exact) mass is 464 g/mol. The molecule has 3 heterocycles. The Morgan fingerprint density at radius 2 is 1.94 bits per heavy atom. The first-order valence-electron chi connectivity index (χ1n) is 9.75. The smallest absolute Gasteiger partial charge is 0.268 e. The highest BCUT2D eigenvalue weighted by atomic mass is 35.5. The number of aryl methyl sites for hydroxylation is 1. The van der Waals surface area contributed by atoms with Gasteiger partial charge in [-0.1, -0.05) is 41.0 Å². The number of fused-ring (bicyclic) bond motifs is 1. The summed E-state index contributed by atoms with van der Waals surface area (Å²) in [4.78, 5) is 23.6. The predicted molar refractivity (Wildman–Crippen MR) is 124 cm³/mol. The minimum Gasteiger partial charge on any atom is -0.497 e. The highest BCUT2D eigenvalue weighted by Gasteiger charge is 2.21. The Morgan fingerprint density at radius 1 is 1.16 bits per heavy atom. The van der Waals surface area contributed by atoms with Crippen molar-refractivity contribution in [2.24, 2.45) is 0 Å². The van der Waals surface area contributed by atoms with E-state index in [0.717, 1.165) is 21.8 Å². The van der Waals surface area contributed by atoms with Crippen molar-refractivity contribution in [3.05, 3.63) is 81.4 Å². The third kappa shape index (κ3) is 3.57. The van der Waals surface area contributed by atoms with Crippen LogP contribution < -0.4 is 10.3 Å². The molecule has 0 saturated heterocycles. The fraction of sp³-hybridized carbons (Fsp3) is 0.130. The lowest BCUT2D eigenvalue weighted by atomic mass is 10.2. The molecule has 0 atom stereocenters. The van der Waals surface area contributed by atoms with Gasteiger partial charge in [-0.3, -0.25) is 9.36 Å². The molecule has 0 amide bonds. The van der Waals surface area contributed by atoms with E-state index in [1.807, 2.05) is 49.4 Å². The van der Waals surface area contributed by atoms with E-state index in [0.29, 0.717) is 39.1 Å². The Bertz CT molecular complexity index is 1490. The van der Waals surface area contributed by atoms with Crippen LogP contribution in [-0.4, -0.2) is 26.8 Å². The number of nitrogens with zero attached hydrogens (tertiary/aromatic N) is 4. The molecule has 0 bridgehead atoms. The SMILES string of the molecule is COc1ccc(Cn2cnc3sc(-c4nc(-c5ccccc5Cl)no4)c(C)c3c2=O)cc1. The van der Waals surface area contributed by atoms with Crippen LogP contribution in [0.3, 0.4) is 0 Å². The van der Waals surface area contributed by atoms with Gasteiger partial charge in [0.2, 0.25) is 5.82 Å². The van der Waals surface area contributed by atoms with Gasteiger partial charge in [0, 0.05) is 5.56 Å². The quantitative estimate of drug-likeness (QED) is 0.356. The second kappa shape index (κ2) is 8.22. The lowest BCUT2D eigenvalue weighted by molar-refractivity contribution is 0.414. The summed E-state index contributed by atoms with van der Waals surface area (Å²) in [6.07, 6.45) is 1.57. The number of rotatable bonds is 5. The Kier molecular flexibility index (Phi) is 5.24. The number of aromatic nitrogens is 4. The van der Waals surface area contributed by atoms with Gasteiger partial charge in [-0.15, -0.1) is 11.3 Å². The second-order valence-electron chi connectivity index (χ2n) is 7.17. The molecule has 0 aliphatic rings. The number of thiophene rings is 1. The highest BCUT2D eigenvalue weighted by Crippen LogP contribution is 2.36. The zero-order valence-corrected chi connectivity index (χ0v) is 18.8. The van der Waals surface area contributed by atoms with E-state index in [1.165, 1.54) is 11.3 Å². The van der Waals surface area contributed by atoms with Gasteiger partial charge in [-0.05, 0) is 42.3 Å². The van der Waals surface area contributed by atoms with E-state index in [-0.39, 0.29) is 5.56 Å². The summed E-state index contributed by atoms with van der Waals surface area (Å²) in [5, 5.41) is 5.16. The van der Waals surface area contributed by atoms with Gasteiger partial charge >= 0.3 is 0 Å². The van der Waals surface area contributed by atoms with Crippen molar-refractivity contribution in [3.8, 4) is 27.9 Å². The van der Waals surface area contributed by atoms with E-state index in [1.54, 1.807) is 24.1 Å². The van der Waals surface area contributed by atoms with Crippen molar-refractivity contribution in [1.29, 1.82) is 0 Å². The number of methoxy groups -OCH3 is 1. The van der Waals surface area contributed by atoms with Crippen LogP contribution in [0.15, 0.2) is 64.2 Å². The van der Waals surface area contributed by atoms with E-state index in [9.17, 15) is 4.79 Å². The summed E-state index contributed by atoms with van der Waals surface area (Å²) in [6.45, 7) is 2.28. The zero-order chi connectivity index (χ0) is 22.2. The molecule has 32 heavy (non-hydrogen) atoms. The largest absolute Gasteiger partial charge is 0.497 e. The second-order valence-corrected chi connectivity index (χ2v) is 8.57. The first-order valence-corrected chi connectivity index (χ1v) is 10.9. The zero-order valence-electron chi connectivity index (χ0n) is 17.2. The summed E-state index contributed by atoms with van der Waals surface area (Å²) in [5.74, 6) is 1.50. The van der Waals surface area contributed by atoms with Gasteiger partial charge in [0.1, 0.15) is 10.6 Å². The summed E-state index contributed by atoms with van der Waals surface area (Å²) >= 11 is 7.60. The maximum atomic E-state index is 13.2. The van der Waals surface area contributed by atoms with Crippen molar-refractivity contribution in [2.75, 3.05) is 7.11 Å². The maximum absolute atomic E-state index is 13.2. The van der Waals surface area contributed by atoms with Crippen molar-refractivity contribution < 1.29 is 9.26 Å². The molecule has 0 spiro atoms. The average molecular weight is 465 g/mol. The van der Waals surface area contributed by atoms with E-state index in [2.05, 4.69) is 15.1 Å². The van der Waals surface area contributed by atoms with Crippen LogP contribution in [0.1, 0.15) is 11.1 Å². The fourth-order valence-corrected chi connectivity index (χ4v) is 4.75. The molecule has 3 aromatic heterocycles. The summed E-state index contributed by atoms with van der Waals surface area (Å²) < 4.78 is 12.3. The highest BCUT2D eigenvalue weighted by molar-refractivity contribution is 7.22. The Balaban J connectivity index is 1.52. The molecule has 0 aliphatic heterocycles. The van der Waals surface area contributed by atoms with Crippen molar-refractivity contribution in [3.63, 3.8) is 0 Å². The van der Waals surface area contributed by atoms with Crippen LogP contribution in [0, 0.1) is 6.92 Å². The molecule has 160 valence electrons. The summed E-state index contributed by atoms with van der Waals surface area (Å²) in [6, 6.07) is 14.9. The molecule has 2 aromatic carbocycles. The molecule has 0 fully saturated rings. The predicted octanol–water partition coefficient (Wildman–Crippen LogP) is 5.19. The van der Waals surface area contributed by atoms with Gasteiger partial charge in [0.05, 0.1) is 35.3 Å². The number of hydrogen-bond acceptors (Lipinski definition) is 7. The van der Waals surface area contributed by atoms with Crippen LogP contribution in [0.25, 0.3) is 32.4 Å². The maximum Gasteiger partial charge on any atom is 0.268 e. The molecule has 5 rings (SSSR count). The third-order valence-electron chi connectivity index (χ3n) is 5.16. The molecule has 0 saturated carbocycles. The van der Waals surface area contributed by atoms with Crippen molar-refractivity contribution in [1.82, 2.24) is 19.7 Å². The van der Waals surface area contributed by atoms with Gasteiger partial charge in [0.25, 0.3) is 11.4 Å². The molecule has 5 aromatic rings. The molecule has 0 unspecified atom stereocenters. The number of benzene rings is 2. The van der Waals surface area contributed by atoms with Gasteiger partial charge in [0.15, 0.2) is 0 Å². The Labute approximate surface area is 191 Å². The molecule has 7 nitrogen and oxygen atoms in total. The molecular weight excluding hydrogens is 448 g/mol. The molecule has 0 N–H and O–H groups in total. The minimum atomic E-state index is -0.114. The number of hydrogen-bond donors (Lipinski definition) is 0. The summed E-state index contributed by atoms with van der Waals surface area (Å²) in [7, 11) is 1.62. The normalized spacial score (nSPS) is 11.2. The van der Waals surface area contributed by atoms with Crippen LogP contribution in [0.5, 0.6) is 5.75 Å². The molecular formula is C23H17ClN4O3S. The van der Waals surface area contributed by atoms with Gasteiger partial charge in [-0.25, -0.2) is 4.98 Å².